The highest BCUT2D eigenvalue weighted by Crippen LogP contribution is 2.24. The van der Waals surface area contributed by atoms with Gasteiger partial charge in [-0.3, -0.25) is 14.4 Å². The molecule has 1 unspecified atom stereocenters. The first kappa shape index (κ1) is 26.9. The van der Waals surface area contributed by atoms with Gasteiger partial charge in [0.15, 0.2) is 0 Å². The molecule has 2 heterocycles. The smallest absolute Gasteiger partial charge is 0.255 e. The maximum atomic E-state index is 13.2. The Morgan fingerprint density at radius 3 is 2.51 bits per heavy atom. The fraction of sp³-hybridized carbons (Fsp3) is 0.500. The van der Waals surface area contributed by atoms with Crippen molar-refractivity contribution >= 4 is 29.1 Å². The molecular weight excluding hydrogens is 464 g/mol. The van der Waals surface area contributed by atoms with Crippen molar-refractivity contribution in [3.63, 3.8) is 0 Å². The summed E-state index contributed by atoms with van der Waals surface area (Å²) in [5.74, 6) is -0.391. The Morgan fingerprint density at radius 2 is 1.78 bits per heavy atom. The molecule has 2 N–H and O–H groups in total. The highest BCUT2D eigenvalue weighted by atomic mass is 16.2. The van der Waals surface area contributed by atoms with Gasteiger partial charge < -0.3 is 20.4 Å². The van der Waals surface area contributed by atoms with Crippen molar-refractivity contribution in [1.82, 2.24) is 10.2 Å². The first-order chi connectivity index (χ1) is 18.0. The first-order valence-electron chi connectivity index (χ1n) is 13.8. The van der Waals surface area contributed by atoms with E-state index in [1.165, 1.54) is 25.7 Å². The largest absolute Gasteiger partial charge is 0.349 e. The van der Waals surface area contributed by atoms with Gasteiger partial charge in [0.05, 0.1) is 11.3 Å². The Hall–Kier alpha value is -3.19. The number of anilines is 2. The second-order valence-electron chi connectivity index (χ2n) is 10.3. The molecule has 0 saturated carbocycles. The summed E-state index contributed by atoms with van der Waals surface area (Å²) in [6.45, 7) is 7.20. The summed E-state index contributed by atoms with van der Waals surface area (Å²) in [6.07, 6.45) is 8.27. The molecule has 2 fully saturated rings. The van der Waals surface area contributed by atoms with Crippen molar-refractivity contribution in [2.45, 2.75) is 77.3 Å². The SMILES string of the molecule is CCCCCC(C)N1CCC(NC(=O)c2ccccc2NC(=O)c2cccc(N3CCCC3=O)c2)CC1. The third-order valence-corrected chi connectivity index (χ3v) is 7.63. The average Bonchev–Trinajstić information content (AvgIpc) is 3.35. The monoisotopic (exact) mass is 504 g/mol. The zero-order valence-corrected chi connectivity index (χ0v) is 22.2. The maximum Gasteiger partial charge on any atom is 0.255 e. The zero-order chi connectivity index (χ0) is 26.2. The summed E-state index contributed by atoms with van der Waals surface area (Å²) in [7, 11) is 0. The van der Waals surface area contributed by atoms with E-state index in [1.807, 2.05) is 18.2 Å². The summed E-state index contributed by atoms with van der Waals surface area (Å²) in [5.41, 5.74) is 2.12. The molecule has 0 aromatic heterocycles. The average molecular weight is 505 g/mol. The van der Waals surface area contributed by atoms with E-state index >= 15 is 0 Å². The number of piperidine rings is 1. The first-order valence-corrected chi connectivity index (χ1v) is 13.8. The number of hydrogen-bond acceptors (Lipinski definition) is 4. The minimum Gasteiger partial charge on any atom is -0.349 e. The van der Waals surface area contributed by atoms with E-state index in [4.69, 9.17) is 0 Å². The van der Waals surface area contributed by atoms with Crippen molar-refractivity contribution in [2.24, 2.45) is 0 Å². The van der Waals surface area contributed by atoms with Crippen molar-refractivity contribution in [1.29, 1.82) is 0 Å². The number of benzene rings is 2. The molecule has 0 spiro atoms. The lowest BCUT2D eigenvalue weighted by Gasteiger charge is -2.36. The second kappa shape index (κ2) is 12.9. The number of likely N-dealkylation sites (tertiary alicyclic amines) is 1. The molecule has 2 aromatic rings. The minimum atomic E-state index is -0.306. The van der Waals surface area contributed by atoms with Gasteiger partial charge in [-0.05, 0) is 62.9 Å². The van der Waals surface area contributed by atoms with Crippen LogP contribution in [0.4, 0.5) is 11.4 Å². The van der Waals surface area contributed by atoms with Gasteiger partial charge in [-0.15, -0.1) is 0 Å². The summed E-state index contributed by atoms with van der Waals surface area (Å²) in [6, 6.07) is 14.9. The fourth-order valence-electron chi connectivity index (χ4n) is 5.34. The molecule has 4 rings (SSSR count). The van der Waals surface area contributed by atoms with E-state index in [-0.39, 0.29) is 23.8 Å². The molecule has 7 nitrogen and oxygen atoms in total. The standard InChI is InChI=1S/C30H40N4O3/c1-3-4-5-10-22(2)33-19-16-24(17-20-33)31-30(37)26-13-6-7-14-27(26)32-29(36)23-11-8-12-25(21-23)34-18-9-15-28(34)35/h6-8,11-14,21-22,24H,3-5,9-10,15-20H2,1-2H3,(H,31,37)(H,32,36). The van der Waals surface area contributed by atoms with E-state index in [9.17, 15) is 14.4 Å². The van der Waals surface area contributed by atoms with Crippen LogP contribution in [0.25, 0.3) is 0 Å². The number of nitrogens with one attached hydrogen (secondary N) is 2. The van der Waals surface area contributed by atoms with Gasteiger partial charge in [0, 0.05) is 49.4 Å². The van der Waals surface area contributed by atoms with Gasteiger partial charge in [-0.2, -0.15) is 0 Å². The molecule has 3 amide bonds. The number of nitrogens with zero attached hydrogens (tertiary/aromatic N) is 2. The van der Waals surface area contributed by atoms with Crippen LogP contribution in [0.15, 0.2) is 48.5 Å². The third-order valence-electron chi connectivity index (χ3n) is 7.63. The van der Waals surface area contributed by atoms with Crippen LogP contribution in [-0.2, 0) is 4.79 Å². The second-order valence-corrected chi connectivity index (χ2v) is 10.3. The van der Waals surface area contributed by atoms with E-state index in [0.29, 0.717) is 35.8 Å². The molecular formula is C30H40N4O3. The normalized spacial score (nSPS) is 17.6. The molecule has 7 heteroatoms. The Bertz CT molecular complexity index is 1090. The van der Waals surface area contributed by atoms with Gasteiger partial charge >= 0.3 is 0 Å². The lowest BCUT2D eigenvalue weighted by molar-refractivity contribution is -0.117. The topological polar surface area (TPSA) is 81.8 Å². The van der Waals surface area contributed by atoms with Crippen LogP contribution in [0.3, 0.4) is 0 Å². The third kappa shape index (κ3) is 6.98. The Labute approximate surface area is 220 Å². The number of para-hydroxylation sites is 1. The molecule has 1 atom stereocenters. The molecule has 2 aliphatic rings. The van der Waals surface area contributed by atoms with Crippen LogP contribution < -0.4 is 15.5 Å². The van der Waals surface area contributed by atoms with Gasteiger partial charge in [-0.1, -0.05) is 44.4 Å². The summed E-state index contributed by atoms with van der Waals surface area (Å²) in [5, 5.41) is 6.10. The molecule has 2 aliphatic heterocycles. The minimum absolute atomic E-state index is 0.0800. The molecule has 0 bridgehead atoms. The van der Waals surface area contributed by atoms with Gasteiger partial charge in [0.25, 0.3) is 11.8 Å². The molecule has 198 valence electrons. The predicted octanol–water partition coefficient (Wildman–Crippen LogP) is 5.23. The number of hydrogen-bond donors (Lipinski definition) is 2. The molecule has 2 aromatic carbocycles. The van der Waals surface area contributed by atoms with Gasteiger partial charge in [0.2, 0.25) is 5.91 Å². The highest BCUT2D eigenvalue weighted by Gasteiger charge is 2.25. The number of carbonyl (C=O) groups is 3. The Balaban J connectivity index is 1.35. The molecule has 2 saturated heterocycles. The van der Waals surface area contributed by atoms with Crippen molar-refractivity contribution in [3.8, 4) is 0 Å². The van der Waals surface area contributed by atoms with Crippen molar-refractivity contribution in [2.75, 3.05) is 29.9 Å². The van der Waals surface area contributed by atoms with E-state index in [2.05, 4.69) is 29.4 Å². The molecule has 0 aliphatic carbocycles. The zero-order valence-electron chi connectivity index (χ0n) is 22.2. The maximum absolute atomic E-state index is 13.2. The van der Waals surface area contributed by atoms with Crippen LogP contribution in [-0.4, -0.2) is 54.3 Å². The number of carbonyl (C=O) groups excluding carboxylic acids is 3. The predicted molar refractivity (Wildman–Crippen MR) is 148 cm³/mol. The summed E-state index contributed by atoms with van der Waals surface area (Å²) in [4.78, 5) is 42.6. The lowest BCUT2D eigenvalue weighted by atomic mass is 10.0. The van der Waals surface area contributed by atoms with Crippen molar-refractivity contribution < 1.29 is 14.4 Å². The Morgan fingerprint density at radius 1 is 1.00 bits per heavy atom. The van der Waals surface area contributed by atoms with Crippen LogP contribution in [0.1, 0.15) is 85.9 Å². The fourth-order valence-corrected chi connectivity index (χ4v) is 5.34. The number of unbranched alkanes of at least 4 members (excludes halogenated alkanes) is 2. The van der Waals surface area contributed by atoms with Crippen molar-refractivity contribution in [3.05, 3.63) is 59.7 Å². The quantitative estimate of drug-likeness (QED) is 0.434. The lowest BCUT2D eigenvalue weighted by Crippen LogP contribution is -2.47. The summed E-state index contributed by atoms with van der Waals surface area (Å²) >= 11 is 0. The van der Waals surface area contributed by atoms with Gasteiger partial charge in [0.1, 0.15) is 0 Å². The van der Waals surface area contributed by atoms with Gasteiger partial charge in [-0.25, -0.2) is 0 Å². The van der Waals surface area contributed by atoms with Crippen LogP contribution in [0, 0.1) is 0 Å². The molecule has 0 radical (unpaired) electrons. The van der Waals surface area contributed by atoms with E-state index in [0.717, 1.165) is 38.0 Å². The van der Waals surface area contributed by atoms with Crippen LogP contribution in [0.2, 0.25) is 0 Å². The number of rotatable bonds is 10. The summed E-state index contributed by atoms with van der Waals surface area (Å²) < 4.78 is 0. The number of amides is 3. The Kier molecular flexibility index (Phi) is 9.34. The van der Waals surface area contributed by atoms with E-state index in [1.54, 1.807) is 35.2 Å². The highest BCUT2D eigenvalue weighted by molar-refractivity contribution is 6.09. The van der Waals surface area contributed by atoms with E-state index < -0.39 is 0 Å². The van der Waals surface area contributed by atoms with Crippen LogP contribution in [0.5, 0.6) is 0 Å². The van der Waals surface area contributed by atoms with Crippen LogP contribution >= 0.6 is 0 Å². The molecule has 37 heavy (non-hydrogen) atoms.